The number of benzene rings is 2. The molecule has 2 aliphatic rings. The number of carbonyl (C=O) groups is 1. The molecule has 1 amide bonds. The van der Waals surface area contributed by atoms with Crippen LogP contribution in [-0.2, 0) is 16.4 Å². The third-order valence-electron chi connectivity index (χ3n) is 6.63. The van der Waals surface area contributed by atoms with E-state index in [2.05, 4.69) is 10.3 Å². The van der Waals surface area contributed by atoms with Gasteiger partial charge in [0.1, 0.15) is 10.7 Å². The summed E-state index contributed by atoms with van der Waals surface area (Å²) < 4.78 is 26.6. The van der Waals surface area contributed by atoms with E-state index in [9.17, 15) is 13.2 Å². The number of nitrogens with one attached hydrogen (secondary N) is 1. The largest absolute Gasteiger partial charge is 0.465 e. The molecule has 1 aliphatic heterocycles. The van der Waals surface area contributed by atoms with E-state index in [0.29, 0.717) is 6.54 Å². The van der Waals surface area contributed by atoms with Crippen LogP contribution < -0.4 is 5.32 Å². The molecule has 0 atom stereocenters. The standard InChI is InChI=1S/C13H17Cl2NO2S.C13H17N3O2/c1-16(10-6-3-2-4-7-10)19(17,18)12-9-5-8-11(14)13(12)15;1-16(13(17)18)9-6-10-2-4-11(5-3-10)12-14-7-8-15-12/h5,8-10H,2-4,6-7H2,1H3;2-5H,6-9H2,1H3,(H,14,15)(H,17,18). The molecule has 0 bridgehead atoms. The summed E-state index contributed by atoms with van der Waals surface area (Å²) in [5, 5.41) is 12.3. The van der Waals surface area contributed by atoms with Gasteiger partial charge < -0.3 is 15.3 Å². The number of nitrogens with zero attached hydrogens (tertiary/aromatic N) is 3. The summed E-state index contributed by atoms with van der Waals surface area (Å²) in [6, 6.07) is 12.8. The third-order valence-corrected chi connectivity index (χ3v) is 9.51. The predicted molar refractivity (Wildman–Crippen MR) is 148 cm³/mol. The van der Waals surface area contributed by atoms with Gasteiger partial charge in [-0.25, -0.2) is 13.2 Å². The molecular formula is C26H34Cl2N4O4S. The van der Waals surface area contributed by atoms with Crippen molar-refractivity contribution in [2.24, 2.45) is 4.99 Å². The highest BCUT2D eigenvalue weighted by atomic mass is 35.5. The number of rotatable bonds is 7. The molecule has 1 aliphatic carbocycles. The van der Waals surface area contributed by atoms with Gasteiger partial charge in [-0.2, -0.15) is 4.31 Å². The summed E-state index contributed by atoms with van der Waals surface area (Å²) in [6.45, 7) is 2.24. The second-order valence-electron chi connectivity index (χ2n) is 9.17. The van der Waals surface area contributed by atoms with Crippen LogP contribution in [0.5, 0.6) is 0 Å². The van der Waals surface area contributed by atoms with Gasteiger partial charge in [0.05, 0.1) is 16.6 Å². The number of halogens is 2. The number of sulfonamides is 1. The van der Waals surface area contributed by atoms with E-state index >= 15 is 0 Å². The first-order valence-electron chi connectivity index (χ1n) is 12.3. The minimum Gasteiger partial charge on any atom is -0.465 e. The van der Waals surface area contributed by atoms with Gasteiger partial charge in [0.25, 0.3) is 0 Å². The topological polar surface area (TPSA) is 102 Å². The van der Waals surface area contributed by atoms with Crippen LogP contribution in [0, 0.1) is 0 Å². The Kier molecular flexibility index (Phi) is 10.6. The van der Waals surface area contributed by atoms with Gasteiger partial charge in [-0.05, 0) is 37.0 Å². The molecule has 2 aromatic carbocycles. The van der Waals surface area contributed by atoms with Crippen molar-refractivity contribution >= 4 is 45.2 Å². The fourth-order valence-electron chi connectivity index (χ4n) is 4.29. The van der Waals surface area contributed by atoms with Crippen molar-refractivity contribution in [3.8, 4) is 0 Å². The first-order valence-corrected chi connectivity index (χ1v) is 14.5. The Morgan fingerprint density at radius 3 is 2.35 bits per heavy atom. The van der Waals surface area contributed by atoms with Crippen LogP contribution in [0.4, 0.5) is 4.79 Å². The SMILES string of the molecule is CN(C1CCCCC1)S(=O)(=O)c1cccc(Cl)c1Cl.CN(CCc1ccc(C2=NCCN2)cc1)C(=O)O. The number of amidine groups is 1. The number of hydrogen-bond acceptors (Lipinski definition) is 5. The van der Waals surface area contributed by atoms with Crippen molar-refractivity contribution in [1.29, 1.82) is 0 Å². The average molecular weight is 570 g/mol. The molecule has 4 rings (SSSR count). The van der Waals surface area contributed by atoms with Gasteiger partial charge in [-0.1, -0.05) is 72.8 Å². The quantitative estimate of drug-likeness (QED) is 0.481. The smallest absolute Gasteiger partial charge is 0.407 e. The van der Waals surface area contributed by atoms with Crippen molar-refractivity contribution in [3.05, 3.63) is 63.6 Å². The van der Waals surface area contributed by atoms with E-state index in [-0.39, 0.29) is 21.0 Å². The van der Waals surface area contributed by atoms with Crippen molar-refractivity contribution in [2.75, 3.05) is 33.7 Å². The zero-order chi connectivity index (χ0) is 27.0. The molecule has 2 aromatic rings. The summed E-state index contributed by atoms with van der Waals surface area (Å²) >= 11 is 11.9. The summed E-state index contributed by atoms with van der Waals surface area (Å²) in [6.07, 6.45) is 4.99. The van der Waals surface area contributed by atoms with Gasteiger partial charge in [0, 0.05) is 38.8 Å². The molecular weight excluding hydrogens is 535 g/mol. The lowest BCUT2D eigenvalue weighted by Crippen LogP contribution is -2.38. The zero-order valence-electron chi connectivity index (χ0n) is 21.2. The molecule has 202 valence electrons. The highest BCUT2D eigenvalue weighted by Gasteiger charge is 2.30. The molecule has 0 saturated heterocycles. The minimum absolute atomic E-state index is 0.0637. The van der Waals surface area contributed by atoms with Crippen LogP contribution in [0.2, 0.25) is 10.0 Å². The Morgan fingerprint density at radius 2 is 1.76 bits per heavy atom. The van der Waals surface area contributed by atoms with Crippen molar-refractivity contribution in [2.45, 2.75) is 49.5 Å². The fourth-order valence-corrected chi connectivity index (χ4v) is 6.44. The molecule has 0 spiro atoms. The molecule has 0 radical (unpaired) electrons. The highest BCUT2D eigenvalue weighted by Crippen LogP contribution is 2.33. The van der Waals surface area contributed by atoms with E-state index in [1.807, 2.05) is 24.3 Å². The Labute approximate surface area is 229 Å². The van der Waals surface area contributed by atoms with Crippen LogP contribution >= 0.6 is 23.2 Å². The molecule has 0 aromatic heterocycles. The predicted octanol–water partition coefficient (Wildman–Crippen LogP) is 5.14. The summed E-state index contributed by atoms with van der Waals surface area (Å²) in [7, 11) is -0.370. The second kappa shape index (κ2) is 13.5. The van der Waals surface area contributed by atoms with E-state index in [1.165, 1.54) is 21.7 Å². The molecule has 8 nitrogen and oxygen atoms in total. The van der Waals surface area contributed by atoms with E-state index in [1.54, 1.807) is 26.2 Å². The molecule has 37 heavy (non-hydrogen) atoms. The van der Waals surface area contributed by atoms with Gasteiger partial charge >= 0.3 is 6.09 Å². The summed E-state index contributed by atoms with van der Waals surface area (Å²) in [5.41, 5.74) is 2.22. The average Bonchev–Trinajstić information content (AvgIpc) is 3.44. The first-order chi connectivity index (χ1) is 17.6. The highest BCUT2D eigenvalue weighted by molar-refractivity contribution is 7.89. The van der Waals surface area contributed by atoms with Crippen LogP contribution in [0.1, 0.15) is 43.2 Å². The molecule has 1 heterocycles. The van der Waals surface area contributed by atoms with E-state index in [0.717, 1.165) is 62.2 Å². The minimum atomic E-state index is -3.57. The molecule has 11 heteroatoms. The second-order valence-corrected chi connectivity index (χ2v) is 11.9. The fraction of sp³-hybridized carbons (Fsp3) is 0.462. The van der Waals surface area contributed by atoms with Crippen molar-refractivity contribution in [3.63, 3.8) is 0 Å². The number of amides is 1. The Balaban J connectivity index is 0.000000206. The maximum absolute atomic E-state index is 12.6. The molecule has 1 fully saturated rings. The number of likely N-dealkylation sites (N-methyl/N-ethyl adjacent to an activating group) is 1. The molecule has 0 unspecified atom stereocenters. The van der Waals surface area contributed by atoms with Gasteiger partial charge in [0.15, 0.2) is 0 Å². The van der Waals surface area contributed by atoms with Crippen molar-refractivity contribution < 1.29 is 18.3 Å². The Hall–Kier alpha value is -2.33. The van der Waals surface area contributed by atoms with Gasteiger partial charge in [-0.3, -0.25) is 4.99 Å². The van der Waals surface area contributed by atoms with Crippen LogP contribution in [-0.4, -0.2) is 74.4 Å². The Morgan fingerprint density at radius 1 is 1.08 bits per heavy atom. The monoisotopic (exact) mass is 568 g/mol. The van der Waals surface area contributed by atoms with Crippen LogP contribution in [0.3, 0.4) is 0 Å². The summed E-state index contributed by atoms with van der Waals surface area (Å²) in [4.78, 5) is 16.4. The van der Waals surface area contributed by atoms with Gasteiger partial charge in [0.2, 0.25) is 10.0 Å². The Bertz CT molecular complexity index is 1200. The molecule has 2 N–H and O–H groups in total. The number of aliphatic imine (C=N–C) groups is 1. The lowest BCUT2D eigenvalue weighted by molar-refractivity contribution is 0.156. The normalized spacial score (nSPS) is 16.0. The maximum atomic E-state index is 12.6. The van der Waals surface area contributed by atoms with E-state index < -0.39 is 16.1 Å². The lowest BCUT2D eigenvalue weighted by Gasteiger charge is -2.30. The summed E-state index contributed by atoms with van der Waals surface area (Å²) in [5.74, 6) is 0.948. The van der Waals surface area contributed by atoms with E-state index in [4.69, 9.17) is 28.3 Å². The maximum Gasteiger partial charge on any atom is 0.407 e. The first kappa shape index (κ1) is 29.2. The van der Waals surface area contributed by atoms with Gasteiger partial charge in [-0.15, -0.1) is 0 Å². The van der Waals surface area contributed by atoms with Crippen molar-refractivity contribution in [1.82, 2.24) is 14.5 Å². The molecule has 1 saturated carbocycles. The lowest BCUT2D eigenvalue weighted by atomic mass is 9.96. The third kappa shape index (κ3) is 7.83. The number of hydrogen-bond donors (Lipinski definition) is 2. The van der Waals surface area contributed by atoms with Crippen LogP contribution in [0.25, 0.3) is 0 Å². The number of carboxylic acid groups (broad SMARTS) is 1. The zero-order valence-corrected chi connectivity index (χ0v) is 23.5. The van der Waals surface area contributed by atoms with Crippen LogP contribution in [0.15, 0.2) is 52.4 Å².